The second kappa shape index (κ2) is 10.5. The van der Waals surface area contributed by atoms with Crippen molar-refractivity contribution in [1.29, 1.82) is 0 Å². The van der Waals surface area contributed by atoms with Crippen molar-refractivity contribution >= 4 is 5.71 Å². The maximum Gasteiger partial charge on any atom is 0.0883 e. The average Bonchev–Trinajstić information content (AvgIpc) is 2.47. The Hall–Kier alpha value is -1.38. The molecular weight excluding hydrogens is 236 g/mol. The molecule has 1 aromatic rings. The normalized spacial score (nSPS) is 11.7. The van der Waals surface area contributed by atoms with E-state index in [-0.39, 0.29) is 0 Å². The molecule has 0 spiro atoms. The highest BCUT2D eigenvalue weighted by Crippen LogP contribution is 2.12. The van der Waals surface area contributed by atoms with Crippen LogP contribution < -0.4 is 0 Å². The molecule has 0 saturated heterocycles. The van der Waals surface area contributed by atoms with Crippen molar-refractivity contribution in [2.24, 2.45) is 5.16 Å². The van der Waals surface area contributed by atoms with Crippen LogP contribution in [0, 0.1) is 0 Å². The highest BCUT2D eigenvalue weighted by Gasteiger charge is 2.03. The average molecular weight is 262 g/mol. The van der Waals surface area contributed by atoms with Gasteiger partial charge in [0.05, 0.1) is 5.71 Å². The molecule has 0 aliphatic rings. The Morgan fingerprint density at radius 1 is 1.11 bits per heavy atom. The summed E-state index contributed by atoms with van der Waals surface area (Å²) in [5.41, 5.74) is 1.67. The highest BCUT2D eigenvalue weighted by atomic mass is 16.4. The molecule has 1 heterocycles. The molecule has 0 radical (unpaired) electrons. The maximum atomic E-state index is 9.04. The molecule has 0 aliphatic carbocycles. The van der Waals surface area contributed by atoms with Crippen molar-refractivity contribution in [3.05, 3.63) is 30.1 Å². The standard InChI is InChI=1S/C16H26N2O/c1-2-3-4-5-6-7-8-9-12-16(18-19)15-11-10-13-17-14-15/h10-11,13-14,19H,2-9,12H2,1H3/b18-16-. The maximum absolute atomic E-state index is 9.04. The summed E-state index contributed by atoms with van der Waals surface area (Å²) in [7, 11) is 0. The first kappa shape index (κ1) is 15.7. The molecule has 0 fully saturated rings. The van der Waals surface area contributed by atoms with Crippen LogP contribution in [0.1, 0.15) is 70.3 Å². The zero-order chi connectivity index (χ0) is 13.8. The lowest BCUT2D eigenvalue weighted by Gasteiger charge is -2.04. The molecule has 0 bridgehead atoms. The Morgan fingerprint density at radius 3 is 2.37 bits per heavy atom. The van der Waals surface area contributed by atoms with Crippen LogP contribution in [-0.4, -0.2) is 15.9 Å². The third-order valence-corrected chi connectivity index (χ3v) is 3.38. The van der Waals surface area contributed by atoms with Gasteiger partial charge in [0.15, 0.2) is 0 Å². The molecular formula is C16H26N2O. The van der Waals surface area contributed by atoms with E-state index >= 15 is 0 Å². The largest absolute Gasteiger partial charge is 0.411 e. The third kappa shape index (κ3) is 6.94. The number of hydrogen-bond donors (Lipinski definition) is 1. The molecule has 1 aromatic heterocycles. The van der Waals surface area contributed by atoms with Crippen molar-refractivity contribution < 1.29 is 5.21 Å². The molecule has 3 nitrogen and oxygen atoms in total. The zero-order valence-electron chi connectivity index (χ0n) is 12.0. The van der Waals surface area contributed by atoms with E-state index < -0.39 is 0 Å². The molecule has 3 heteroatoms. The van der Waals surface area contributed by atoms with Gasteiger partial charge in [0.1, 0.15) is 0 Å². The highest BCUT2D eigenvalue weighted by molar-refractivity contribution is 5.99. The quantitative estimate of drug-likeness (QED) is 0.285. The van der Waals surface area contributed by atoms with E-state index in [9.17, 15) is 0 Å². The van der Waals surface area contributed by atoms with Crippen LogP contribution in [0.3, 0.4) is 0 Å². The Kier molecular flexibility index (Phi) is 8.69. The van der Waals surface area contributed by atoms with E-state index in [2.05, 4.69) is 17.1 Å². The third-order valence-electron chi connectivity index (χ3n) is 3.38. The first-order valence-corrected chi connectivity index (χ1v) is 7.49. The van der Waals surface area contributed by atoms with Crippen molar-refractivity contribution in [2.75, 3.05) is 0 Å². The van der Waals surface area contributed by atoms with Crippen LogP contribution in [0.5, 0.6) is 0 Å². The summed E-state index contributed by atoms with van der Waals surface area (Å²) in [6.07, 6.45) is 14.6. The van der Waals surface area contributed by atoms with Gasteiger partial charge < -0.3 is 5.21 Å². The van der Waals surface area contributed by atoms with Gasteiger partial charge >= 0.3 is 0 Å². The minimum atomic E-state index is 0.749. The number of unbranched alkanes of at least 4 members (excludes halogenated alkanes) is 7. The fraction of sp³-hybridized carbons (Fsp3) is 0.625. The van der Waals surface area contributed by atoms with Gasteiger partial charge in [-0.25, -0.2) is 0 Å². The van der Waals surface area contributed by atoms with Crippen molar-refractivity contribution in [3.8, 4) is 0 Å². The molecule has 19 heavy (non-hydrogen) atoms. The van der Waals surface area contributed by atoms with Crippen LogP contribution >= 0.6 is 0 Å². The minimum Gasteiger partial charge on any atom is -0.411 e. The second-order valence-electron chi connectivity index (χ2n) is 5.01. The van der Waals surface area contributed by atoms with Crippen LogP contribution in [0.2, 0.25) is 0 Å². The van der Waals surface area contributed by atoms with Crippen LogP contribution in [0.4, 0.5) is 0 Å². The van der Waals surface area contributed by atoms with Gasteiger partial charge in [-0.15, -0.1) is 0 Å². The van der Waals surface area contributed by atoms with Crippen molar-refractivity contribution in [2.45, 2.75) is 64.7 Å². The van der Waals surface area contributed by atoms with E-state index in [0.717, 1.165) is 24.1 Å². The lowest BCUT2D eigenvalue weighted by molar-refractivity contribution is 0.317. The first-order chi connectivity index (χ1) is 9.38. The van der Waals surface area contributed by atoms with Crippen molar-refractivity contribution in [3.63, 3.8) is 0 Å². The predicted molar refractivity (Wildman–Crippen MR) is 79.8 cm³/mol. The number of nitrogens with zero attached hydrogens (tertiary/aromatic N) is 2. The molecule has 106 valence electrons. The topological polar surface area (TPSA) is 45.5 Å². The van der Waals surface area contributed by atoms with Crippen LogP contribution in [0.25, 0.3) is 0 Å². The number of oxime groups is 1. The summed E-state index contributed by atoms with van der Waals surface area (Å²) in [5, 5.41) is 12.4. The van der Waals surface area contributed by atoms with E-state index in [1.807, 2.05) is 12.1 Å². The minimum absolute atomic E-state index is 0.749. The van der Waals surface area contributed by atoms with E-state index in [4.69, 9.17) is 5.21 Å². The molecule has 0 saturated carbocycles. The number of pyridine rings is 1. The molecule has 1 rings (SSSR count). The Labute approximate surface area is 116 Å². The van der Waals surface area contributed by atoms with Gasteiger partial charge in [0.2, 0.25) is 0 Å². The second-order valence-corrected chi connectivity index (χ2v) is 5.01. The fourth-order valence-electron chi connectivity index (χ4n) is 2.21. The monoisotopic (exact) mass is 262 g/mol. The van der Waals surface area contributed by atoms with Crippen molar-refractivity contribution in [1.82, 2.24) is 4.98 Å². The lowest BCUT2D eigenvalue weighted by atomic mass is 10.0. The summed E-state index contributed by atoms with van der Waals surface area (Å²) in [4.78, 5) is 4.05. The summed E-state index contributed by atoms with van der Waals surface area (Å²) in [6.45, 7) is 2.24. The molecule has 0 atom stereocenters. The summed E-state index contributed by atoms with van der Waals surface area (Å²) < 4.78 is 0. The fourth-order valence-corrected chi connectivity index (χ4v) is 2.21. The SMILES string of the molecule is CCCCCCCCCC/C(=N/O)c1cccnc1. The molecule has 0 aliphatic heterocycles. The zero-order valence-corrected chi connectivity index (χ0v) is 12.0. The first-order valence-electron chi connectivity index (χ1n) is 7.49. The van der Waals surface area contributed by atoms with Gasteiger partial charge in [0.25, 0.3) is 0 Å². The molecule has 0 amide bonds. The van der Waals surface area contributed by atoms with Gasteiger partial charge in [-0.1, -0.05) is 57.0 Å². The molecule has 0 aromatic carbocycles. The van der Waals surface area contributed by atoms with Gasteiger partial charge in [-0.3, -0.25) is 4.98 Å². The van der Waals surface area contributed by atoms with E-state index in [0.29, 0.717) is 0 Å². The number of hydrogen-bond acceptors (Lipinski definition) is 3. The number of aromatic nitrogens is 1. The summed E-state index contributed by atoms with van der Waals surface area (Å²) in [6, 6.07) is 3.81. The van der Waals surface area contributed by atoms with Gasteiger partial charge in [0, 0.05) is 18.0 Å². The van der Waals surface area contributed by atoms with E-state index in [1.54, 1.807) is 12.4 Å². The lowest BCUT2D eigenvalue weighted by Crippen LogP contribution is -2.01. The summed E-state index contributed by atoms with van der Waals surface area (Å²) in [5.74, 6) is 0. The smallest absolute Gasteiger partial charge is 0.0883 e. The Balaban J connectivity index is 2.11. The molecule has 1 N–H and O–H groups in total. The summed E-state index contributed by atoms with van der Waals surface area (Å²) >= 11 is 0. The van der Waals surface area contributed by atoms with Crippen LogP contribution in [0.15, 0.2) is 29.7 Å². The van der Waals surface area contributed by atoms with E-state index in [1.165, 1.54) is 44.9 Å². The van der Waals surface area contributed by atoms with Gasteiger partial charge in [-0.05, 0) is 25.0 Å². The Bertz CT molecular complexity index is 349. The van der Waals surface area contributed by atoms with Crippen LogP contribution in [-0.2, 0) is 0 Å². The Morgan fingerprint density at radius 2 is 1.79 bits per heavy atom. The molecule has 0 unspecified atom stereocenters. The predicted octanol–water partition coefficient (Wildman–Crippen LogP) is 4.79. The van der Waals surface area contributed by atoms with Gasteiger partial charge in [-0.2, -0.15) is 0 Å². The number of rotatable bonds is 10.